The topological polar surface area (TPSA) is 17.8 Å². The Morgan fingerprint density at radius 1 is 1.43 bits per heavy atom. The van der Waals surface area contributed by atoms with E-state index >= 15 is 0 Å². The van der Waals surface area contributed by atoms with Crippen molar-refractivity contribution in [2.24, 2.45) is 0 Å². The van der Waals surface area contributed by atoms with Crippen LogP contribution in [-0.2, 0) is 6.54 Å². The Hall–Kier alpha value is -1.35. The quantitative estimate of drug-likeness (QED) is 0.745. The number of benzene rings is 1. The summed E-state index contributed by atoms with van der Waals surface area (Å²) in [5.41, 5.74) is 0.754. The van der Waals surface area contributed by atoms with Gasteiger partial charge in [0.15, 0.2) is 0 Å². The van der Waals surface area contributed by atoms with Crippen LogP contribution in [-0.4, -0.2) is 9.55 Å². The van der Waals surface area contributed by atoms with Crippen LogP contribution in [0.4, 0.5) is 4.39 Å². The molecular formula is C10H8ClFN2. The Labute approximate surface area is 86.0 Å². The average Bonchev–Trinajstić information content (AvgIpc) is 2.64. The van der Waals surface area contributed by atoms with E-state index < -0.39 is 0 Å². The van der Waals surface area contributed by atoms with Crippen LogP contribution in [0.3, 0.4) is 0 Å². The van der Waals surface area contributed by atoms with Crippen LogP contribution in [0, 0.1) is 5.82 Å². The van der Waals surface area contributed by atoms with Crippen LogP contribution in [0.2, 0.25) is 5.02 Å². The number of halogens is 2. The lowest BCUT2D eigenvalue weighted by molar-refractivity contribution is 0.623. The van der Waals surface area contributed by atoms with Gasteiger partial charge in [0.25, 0.3) is 0 Å². The number of imidazole rings is 1. The fourth-order valence-corrected chi connectivity index (χ4v) is 1.42. The monoisotopic (exact) mass is 210 g/mol. The van der Waals surface area contributed by atoms with Gasteiger partial charge < -0.3 is 4.57 Å². The molecule has 0 bridgehead atoms. The standard InChI is InChI=1S/C10H8ClFN2/c11-10-2-1-9(12)5-8(10)6-14-4-3-13-7-14/h1-5,7H,6H2. The summed E-state index contributed by atoms with van der Waals surface area (Å²) in [6, 6.07) is 4.34. The first-order valence-corrected chi connectivity index (χ1v) is 4.53. The van der Waals surface area contributed by atoms with Crippen molar-refractivity contribution in [3.63, 3.8) is 0 Å². The molecule has 0 radical (unpaired) electrons. The van der Waals surface area contributed by atoms with Crippen molar-refractivity contribution in [2.75, 3.05) is 0 Å². The molecule has 0 amide bonds. The Morgan fingerprint density at radius 3 is 3.00 bits per heavy atom. The number of nitrogens with zero attached hydrogens (tertiary/aromatic N) is 2. The lowest BCUT2D eigenvalue weighted by atomic mass is 10.2. The third-order valence-corrected chi connectivity index (χ3v) is 2.29. The fourth-order valence-electron chi connectivity index (χ4n) is 1.24. The number of aromatic nitrogens is 2. The highest BCUT2D eigenvalue weighted by Crippen LogP contribution is 2.17. The molecule has 0 aliphatic rings. The predicted molar refractivity (Wildman–Crippen MR) is 52.7 cm³/mol. The van der Waals surface area contributed by atoms with Crippen LogP contribution in [0.1, 0.15) is 5.56 Å². The molecule has 1 aromatic carbocycles. The van der Waals surface area contributed by atoms with Gasteiger partial charge in [0.05, 0.1) is 12.9 Å². The maximum absolute atomic E-state index is 12.9. The molecule has 0 unspecified atom stereocenters. The molecule has 0 aliphatic heterocycles. The summed E-state index contributed by atoms with van der Waals surface area (Å²) in [6.45, 7) is 0.538. The fraction of sp³-hybridized carbons (Fsp3) is 0.100. The van der Waals surface area contributed by atoms with E-state index in [4.69, 9.17) is 11.6 Å². The second-order valence-electron chi connectivity index (χ2n) is 2.97. The Kier molecular flexibility index (Phi) is 2.50. The first kappa shape index (κ1) is 9.21. The Morgan fingerprint density at radius 2 is 2.29 bits per heavy atom. The molecule has 4 heteroatoms. The summed E-state index contributed by atoms with van der Waals surface area (Å²) in [5.74, 6) is -0.274. The van der Waals surface area contributed by atoms with Crippen LogP contribution in [0.25, 0.3) is 0 Å². The van der Waals surface area contributed by atoms with E-state index in [0.717, 1.165) is 5.56 Å². The average molecular weight is 211 g/mol. The van der Waals surface area contributed by atoms with Gasteiger partial charge >= 0.3 is 0 Å². The zero-order chi connectivity index (χ0) is 9.97. The third-order valence-electron chi connectivity index (χ3n) is 1.92. The molecule has 2 aromatic rings. The van der Waals surface area contributed by atoms with Crippen molar-refractivity contribution in [3.05, 3.63) is 53.3 Å². The van der Waals surface area contributed by atoms with Gasteiger partial charge in [0.2, 0.25) is 0 Å². The highest BCUT2D eigenvalue weighted by molar-refractivity contribution is 6.31. The molecule has 0 N–H and O–H groups in total. The maximum Gasteiger partial charge on any atom is 0.123 e. The molecule has 0 fully saturated rings. The minimum absolute atomic E-state index is 0.274. The summed E-state index contributed by atoms with van der Waals surface area (Å²) < 4.78 is 14.7. The molecule has 1 aromatic heterocycles. The molecule has 2 nitrogen and oxygen atoms in total. The van der Waals surface area contributed by atoms with Gasteiger partial charge in [0.1, 0.15) is 5.82 Å². The van der Waals surface area contributed by atoms with Crippen LogP contribution in [0.5, 0.6) is 0 Å². The molecule has 2 rings (SSSR count). The van der Waals surface area contributed by atoms with Crippen molar-refractivity contribution in [3.8, 4) is 0 Å². The van der Waals surface area contributed by atoms with Gasteiger partial charge in [0, 0.05) is 17.4 Å². The van der Waals surface area contributed by atoms with Crippen molar-refractivity contribution >= 4 is 11.6 Å². The molecule has 14 heavy (non-hydrogen) atoms. The zero-order valence-electron chi connectivity index (χ0n) is 7.32. The largest absolute Gasteiger partial charge is 0.333 e. The smallest absolute Gasteiger partial charge is 0.123 e. The van der Waals surface area contributed by atoms with Crippen molar-refractivity contribution in [1.82, 2.24) is 9.55 Å². The summed E-state index contributed by atoms with van der Waals surface area (Å²) in [5, 5.41) is 0.570. The van der Waals surface area contributed by atoms with E-state index in [1.165, 1.54) is 12.1 Å². The second kappa shape index (κ2) is 3.80. The van der Waals surface area contributed by atoms with Crippen molar-refractivity contribution in [1.29, 1.82) is 0 Å². The van der Waals surface area contributed by atoms with Gasteiger partial charge in [-0.05, 0) is 23.8 Å². The zero-order valence-corrected chi connectivity index (χ0v) is 8.08. The highest BCUT2D eigenvalue weighted by Gasteiger charge is 2.02. The molecule has 72 valence electrons. The van der Waals surface area contributed by atoms with Gasteiger partial charge in [-0.25, -0.2) is 9.37 Å². The second-order valence-corrected chi connectivity index (χ2v) is 3.38. The van der Waals surface area contributed by atoms with E-state index in [1.54, 1.807) is 24.8 Å². The lowest BCUT2D eigenvalue weighted by Gasteiger charge is -2.04. The molecule has 0 saturated carbocycles. The summed E-state index contributed by atoms with van der Waals surface area (Å²) in [7, 11) is 0. The molecule has 0 spiro atoms. The Bertz CT molecular complexity index is 426. The van der Waals surface area contributed by atoms with Crippen LogP contribution < -0.4 is 0 Å². The van der Waals surface area contributed by atoms with Gasteiger partial charge in [-0.15, -0.1) is 0 Å². The minimum atomic E-state index is -0.274. The lowest BCUT2D eigenvalue weighted by Crippen LogP contribution is -1.97. The Balaban J connectivity index is 2.28. The van der Waals surface area contributed by atoms with Crippen LogP contribution >= 0.6 is 11.6 Å². The molecule has 0 atom stereocenters. The van der Waals surface area contributed by atoms with E-state index in [2.05, 4.69) is 4.98 Å². The number of hydrogen-bond donors (Lipinski definition) is 0. The first-order valence-electron chi connectivity index (χ1n) is 4.15. The number of rotatable bonds is 2. The van der Waals surface area contributed by atoms with Crippen molar-refractivity contribution < 1.29 is 4.39 Å². The summed E-state index contributed by atoms with van der Waals surface area (Å²) >= 11 is 5.91. The minimum Gasteiger partial charge on any atom is -0.333 e. The third kappa shape index (κ3) is 1.93. The van der Waals surface area contributed by atoms with Crippen LogP contribution in [0.15, 0.2) is 36.9 Å². The normalized spacial score (nSPS) is 10.4. The number of hydrogen-bond acceptors (Lipinski definition) is 1. The highest BCUT2D eigenvalue weighted by atomic mass is 35.5. The van der Waals surface area contributed by atoms with E-state index in [1.807, 2.05) is 4.57 Å². The first-order chi connectivity index (χ1) is 6.75. The van der Waals surface area contributed by atoms with E-state index in [9.17, 15) is 4.39 Å². The summed E-state index contributed by atoms with van der Waals surface area (Å²) in [4.78, 5) is 3.90. The van der Waals surface area contributed by atoms with Crippen molar-refractivity contribution in [2.45, 2.75) is 6.54 Å². The van der Waals surface area contributed by atoms with Gasteiger partial charge in [-0.3, -0.25) is 0 Å². The molecular weight excluding hydrogens is 203 g/mol. The predicted octanol–water partition coefficient (Wildman–Crippen LogP) is 2.72. The summed E-state index contributed by atoms with van der Waals surface area (Å²) in [6.07, 6.45) is 5.15. The van der Waals surface area contributed by atoms with Gasteiger partial charge in [-0.1, -0.05) is 11.6 Å². The van der Waals surface area contributed by atoms with E-state index in [-0.39, 0.29) is 5.82 Å². The molecule has 0 saturated heterocycles. The maximum atomic E-state index is 12.9. The SMILES string of the molecule is Fc1ccc(Cl)c(Cn2ccnc2)c1. The molecule has 0 aliphatic carbocycles. The van der Waals surface area contributed by atoms with Gasteiger partial charge in [-0.2, -0.15) is 0 Å². The molecule has 1 heterocycles. The van der Waals surface area contributed by atoms with E-state index in [0.29, 0.717) is 11.6 Å².